The molecule has 2 N–H and O–H groups in total. The molecule has 0 bridgehead atoms. The van der Waals surface area contributed by atoms with Gasteiger partial charge in [-0.2, -0.15) is 0 Å². The third-order valence-electron chi connectivity index (χ3n) is 3.08. The van der Waals surface area contributed by atoms with Crippen molar-refractivity contribution >= 4 is 37.6 Å². The Morgan fingerprint density at radius 3 is 2.85 bits per heavy atom. The van der Waals surface area contributed by atoms with E-state index in [0.29, 0.717) is 6.54 Å². The predicted octanol–water partition coefficient (Wildman–Crippen LogP) is 2.69. The summed E-state index contributed by atoms with van der Waals surface area (Å²) < 4.78 is 27.7. The van der Waals surface area contributed by atoms with Crippen LogP contribution in [0.2, 0.25) is 5.02 Å². The van der Waals surface area contributed by atoms with Crippen molar-refractivity contribution < 1.29 is 8.42 Å². The van der Waals surface area contributed by atoms with Crippen LogP contribution in [-0.2, 0) is 10.0 Å². The minimum Gasteiger partial charge on any atom is -0.313 e. The summed E-state index contributed by atoms with van der Waals surface area (Å²) in [6.07, 6.45) is 3.82. The molecule has 20 heavy (non-hydrogen) atoms. The predicted molar refractivity (Wildman–Crippen MR) is 84.5 cm³/mol. The van der Waals surface area contributed by atoms with E-state index in [1.165, 1.54) is 11.6 Å². The average molecular weight is 380 g/mol. The average Bonchev–Trinajstić information content (AvgIpc) is 2.39. The topological polar surface area (TPSA) is 58.2 Å². The standard InChI is InChI=1S/C13H16BrClN2O2S/c14-11-1-2-13(12(15)9-11)20(18,19)17-8-5-10-3-6-16-7-4-10/h1-3,9,16-17H,4-8H2. The number of nitrogens with one attached hydrogen (secondary N) is 2. The molecule has 0 spiro atoms. The molecular weight excluding hydrogens is 364 g/mol. The number of sulfonamides is 1. The third-order valence-corrected chi connectivity index (χ3v) is 5.52. The van der Waals surface area contributed by atoms with Crippen molar-refractivity contribution in [1.82, 2.24) is 10.0 Å². The lowest BCUT2D eigenvalue weighted by molar-refractivity contribution is 0.580. The molecule has 4 nitrogen and oxygen atoms in total. The van der Waals surface area contributed by atoms with Crippen LogP contribution < -0.4 is 10.0 Å². The Labute approximate surface area is 132 Å². The fourth-order valence-corrected chi connectivity index (χ4v) is 4.08. The Bertz CT molecular complexity index is 617. The van der Waals surface area contributed by atoms with Crippen molar-refractivity contribution in [3.8, 4) is 0 Å². The van der Waals surface area contributed by atoms with Gasteiger partial charge in [0.25, 0.3) is 0 Å². The third kappa shape index (κ3) is 4.30. The molecule has 0 saturated carbocycles. The maximum atomic E-state index is 12.2. The lowest BCUT2D eigenvalue weighted by atomic mass is 10.1. The molecule has 0 aliphatic carbocycles. The molecule has 1 aliphatic heterocycles. The summed E-state index contributed by atoms with van der Waals surface area (Å²) in [5.41, 5.74) is 1.29. The van der Waals surface area contributed by atoms with E-state index in [4.69, 9.17) is 11.6 Å². The Kier molecular flexibility index (Phi) is 5.63. The molecule has 1 aromatic rings. The first-order chi connectivity index (χ1) is 9.49. The summed E-state index contributed by atoms with van der Waals surface area (Å²) in [5, 5.41) is 3.44. The number of hydrogen-bond donors (Lipinski definition) is 2. The van der Waals surface area contributed by atoms with Crippen LogP contribution in [0.25, 0.3) is 0 Å². The molecule has 2 rings (SSSR count). The summed E-state index contributed by atoms with van der Waals surface area (Å²) in [5.74, 6) is 0. The molecule has 0 saturated heterocycles. The number of rotatable bonds is 5. The van der Waals surface area contributed by atoms with Crippen LogP contribution in [0.4, 0.5) is 0 Å². The van der Waals surface area contributed by atoms with E-state index in [1.54, 1.807) is 12.1 Å². The molecule has 0 unspecified atom stereocenters. The summed E-state index contributed by atoms with van der Waals surface area (Å²) >= 11 is 9.23. The number of benzene rings is 1. The van der Waals surface area contributed by atoms with E-state index in [0.717, 1.165) is 30.4 Å². The molecule has 110 valence electrons. The second-order valence-electron chi connectivity index (χ2n) is 4.54. The van der Waals surface area contributed by atoms with Crippen LogP contribution in [0.1, 0.15) is 12.8 Å². The molecule has 1 aliphatic rings. The maximum absolute atomic E-state index is 12.2. The Balaban J connectivity index is 1.98. The van der Waals surface area contributed by atoms with Gasteiger partial charge in [-0.25, -0.2) is 13.1 Å². The second kappa shape index (κ2) is 7.04. The first kappa shape index (κ1) is 16.0. The smallest absolute Gasteiger partial charge is 0.242 e. The van der Waals surface area contributed by atoms with E-state index < -0.39 is 10.0 Å². The van der Waals surface area contributed by atoms with E-state index in [2.05, 4.69) is 32.0 Å². The van der Waals surface area contributed by atoms with Gasteiger partial charge < -0.3 is 5.32 Å². The van der Waals surface area contributed by atoms with E-state index in [1.807, 2.05) is 0 Å². The van der Waals surface area contributed by atoms with Gasteiger partial charge in [-0.05, 0) is 37.6 Å². The van der Waals surface area contributed by atoms with E-state index in [9.17, 15) is 8.42 Å². The zero-order chi connectivity index (χ0) is 14.6. The van der Waals surface area contributed by atoms with Crippen molar-refractivity contribution in [3.05, 3.63) is 39.3 Å². The van der Waals surface area contributed by atoms with Gasteiger partial charge in [-0.15, -0.1) is 0 Å². The monoisotopic (exact) mass is 378 g/mol. The molecule has 0 radical (unpaired) electrons. The van der Waals surface area contributed by atoms with Crippen molar-refractivity contribution in [3.63, 3.8) is 0 Å². The van der Waals surface area contributed by atoms with Crippen LogP contribution >= 0.6 is 27.5 Å². The Morgan fingerprint density at radius 2 is 2.20 bits per heavy atom. The van der Waals surface area contributed by atoms with Crippen molar-refractivity contribution in [2.75, 3.05) is 19.6 Å². The maximum Gasteiger partial charge on any atom is 0.242 e. The minimum absolute atomic E-state index is 0.113. The number of halogens is 2. The summed E-state index contributed by atoms with van der Waals surface area (Å²) in [7, 11) is -3.55. The summed E-state index contributed by atoms with van der Waals surface area (Å²) in [4.78, 5) is 0.113. The van der Waals surface area contributed by atoms with Crippen molar-refractivity contribution in [2.24, 2.45) is 0 Å². The van der Waals surface area contributed by atoms with Crippen LogP contribution in [-0.4, -0.2) is 28.1 Å². The molecule has 1 heterocycles. The van der Waals surface area contributed by atoms with Crippen LogP contribution in [0.15, 0.2) is 39.2 Å². The highest BCUT2D eigenvalue weighted by atomic mass is 79.9. The van der Waals surface area contributed by atoms with Gasteiger partial charge >= 0.3 is 0 Å². The van der Waals surface area contributed by atoms with Crippen LogP contribution in [0, 0.1) is 0 Å². The van der Waals surface area contributed by atoms with E-state index in [-0.39, 0.29) is 9.92 Å². The lowest BCUT2D eigenvalue weighted by Gasteiger charge is -2.14. The zero-order valence-electron chi connectivity index (χ0n) is 10.8. The van der Waals surface area contributed by atoms with Crippen molar-refractivity contribution in [1.29, 1.82) is 0 Å². The minimum atomic E-state index is -3.55. The lowest BCUT2D eigenvalue weighted by Crippen LogP contribution is -2.27. The van der Waals surface area contributed by atoms with E-state index >= 15 is 0 Å². The molecule has 0 fully saturated rings. The largest absolute Gasteiger partial charge is 0.313 e. The highest BCUT2D eigenvalue weighted by Gasteiger charge is 2.17. The first-order valence-electron chi connectivity index (χ1n) is 6.32. The first-order valence-corrected chi connectivity index (χ1v) is 8.98. The van der Waals surface area contributed by atoms with Gasteiger partial charge in [0.1, 0.15) is 4.90 Å². The SMILES string of the molecule is O=S(=O)(NCCC1=CCNCC1)c1ccc(Br)cc1Cl. The van der Waals surface area contributed by atoms with Crippen LogP contribution in [0.5, 0.6) is 0 Å². The fourth-order valence-electron chi connectivity index (χ4n) is 2.01. The van der Waals surface area contributed by atoms with Gasteiger partial charge in [0.05, 0.1) is 5.02 Å². The fraction of sp³-hybridized carbons (Fsp3) is 0.385. The van der Waals surface area contributed by atoms with Gasteiger partial charge in [0.2, 0.25) is 10.0 Å². The van der Waals surface area contributed by atoms with Crippen molar-refractivity contribution in [2.45, 2.75) is 17.7 Å². The normalized spacial score (nSPS) is 16.0. The highest BCUT2D eigenvalue weighted by Crippen LogP contribution is 2.25. The molecule has 1 aromatic carbocycles. The molecular formula is C13H16BrClN2O2S. The van der Waals surface area contributed by atoms with Gasteiger partial charge in [0, 0.05) is 17.6 Å². The summed E-state index contributed by atoms with van der Waals surface area (Å²) in [6.45, 7) is 2.21. The Hall–Kier alpha value is -0.400. The van der Waals surface area contributed by atoms with Crippen LogP contribution in [0.3, 0.4) is 0 Å². The van der Waals surface area contributed by atoms with Gasteiger partial charge in [-0.3, -0.25) is 0 Å². The number of hydrogen-bond acceptors (Lipinski definition) is 3. The zero-order valence-corrected chi connectivity index (χ0v) is 14.0. The quantitative estimate of drug-likeness (QED) is 0.773. The molecule has 0 amide bonds. The van der Waals surface area contributed by atoms with Gasteiger partial charge in [-0.1, -0.05) is 39.2 Å². The van der Waals surface area contributed by atoms with Gasteiger partial charge in [0.15, 0.2) is 0 Å². The Morgan fingerprint density at radius 1 is 1.40 bits per heavy atom. The summed E-state index contributed by atoms with van der Waals surface area (Å²) in [6, 6.07) is 4.74. The molecule has 0 aromatic heterocycles. The molecule has 0 atom stereocenters. The second-order valence-corrected chi connectivity index (χ2v) is 7.60. The highest BCUT2D eigenvalue weighted by molar-refractivity contribution is 9.10. The molecule has 7 heteroatoms.